The Morgan fingerprint density at radius 3 is 3.05 bits per heavy atom. The van der Waals surface area contributed by atoms with Gasteiger partial charge >= 0.3 is 0 Å². The van der Waals surface area contributed by atoms with E-state index >= 15 is 0 Å². The van der Waals surface area contributed by atoms with E-state index in [1.54, 1.807) is 6.07 Å². The van der Waals surface area contributed by atoms with E-state index in [2.05, 4.69) is 9.97 Å². The molecular weight excluding hydrogens is 278 g/mol. The van der Waals surface area contributed by atoms with Crippen LogP contribution in [0, 0.1) is 0 Å². The van der Waals surface area contributed by atoms with Gasteiger partial charge in [0.15, 0.2) is 0 Å². The number of para-hydroxylation sites is 2. The number of likely N-dealkylation sites (tertiary alicyclic amines) is 1. The molecule has 1 fully saturated rings. The molecule has 1 aliphatic heterocycles. The average Bonchev–Trinajstić information content (AvgIpc) is 3.23. The third-order valence-electron chi connectivity index (χ3n) is 4.27. The summed E-state index contributed by atoms with van der Waals surface area (Å²) in [5.74, 6) is 1.28. The summed E-state index contributed by atoms with van der Waals surface area (Å²) in [6.45, 7) is 1.49. The van der Waals surface area contributed by atoms with E-state index < -0.39 is 0 Å². The highest BCUT2D eigenvalue weighted by molar-refractivity contribution is 5.93. The molecule has 4 rings (SSSR count). The second-order valence-electron chi connectivity index (χ2n) is 5.74. The van der Waals surface area contributed by atoms with Crippen LogP contribution in [0.4, 0.5) is 0 Å². The summed E-state index contributed by atoms with van der Waals surface area (Å²) in [5.41, 5.74) is 2.65. The van der Waals surface area contributed by atoms with Crippen LogP contribution in [-0.2, 0) is 0 Å². The molecule has 2 aromatic heterocycles. The summed E-state index contributed by atoms with van der Waals surface area (Å²) in [7, 11) is 0. The van der Waals surface area contributed by atoms with Crippen molar-refractivity contribution >= 4 is 16.9 Å². The van der Waals surface area contributed by atoms with Gasteiger partial charge in [-0.05, 0) is 31.0 Å². The van der Waals surface area contributed by atoms with Gasteiger partial charge in [0.25, 0.3) is 5.91 Å². The van der Waals surface area contributed by atoms with Crippen LogP contribution in [0.15, 0.2) is 47.3 Å². The molecule has 5 nitrogen and oxygen atoms in total. The number of nitrogens with one attached hydrogen (secondary N) is 1. The van der Waals surface area contributed by atoms with Gasteiger partial charge in [-0.1, -0.05) is 12.1 Å². The minimum atomic E-state index is 0.0366. The maximum Gasteiger partial charge on any atom is 0.257 e. The molecule has 3 aromatic rings. The Bertz CT molecular complexity index is 758. The first-order chi connectivity index (χ1) is 10.8. The van der Waals surface area contributed by atoms with E-state index in [0.717, 1.165) is 36.2 Å². The Hall–Kier alpha value is -2.56. The number of rotatable bonds is 2. The number of fused-ring (bicyclic) bond motifs is 1. The highest BCUT2D eigenvalue weighted by Crippen LogP contribution is 2.27. The third-order valence-corrected chi connectivity index (χ3v) is 4.27. The van der Waals surface area contributed by atoms with Gasteiger partial charge in [0.05, 0.1) is 22.9 Å². The normalized spacial score (nSPS) is 18.7. The predicted molar refractivity (Wildman–Crippen MR) is 82.7 cm³/mol. The molecule has 1 aliphatic rings. The lowest BCUT2D eigenvalue weighted by molar-refractivity contribution is 0.0704. The molecule has 0 unspecified atom stereocenters. The third kappa shape index (κ3) is 2.28. The van der Waals surface area contributed by atoms with Gasteiger partial charge in [0, 0.05) is 19.0 Å². The first kappa shape index (κ1) is 13.1. The van der Waals surface area contributed by atoms with E-state index in [4.69, 9.17) is 4.42 Å². The van der Waals surface area contributed by atoms with Crippen molar-refractivity contribution in [2.75, 3.05) is 13.1 Å². The van der Waals surface area contributed by atoms with Crippen LogP contribution >= 0.6 is 0 Å². The van der Waals surface area contributed by atoms with Gasteiger partial charge in [0.1, 0.15) is 12.1 Å². The molecule has 0 saturated carbocycles. The van der Waals surface area contributed by atoms with Gasteiger partial charge in [-0.25, -0.2) is 4.98 Å². The summed E-state index contributed by atoms with van der Waals surface area (Å²) in [5, 5.41) is 0. The minimum Gasteiger partial charge on any atom is -0.472 e. The summed E-state index contributed by atoms with van der Waals surface area (Å²) >= 11 is 0. The zero-order valence-electron chi connectivity index (χ0n) is 12.2. The molecule has 5 heteroatoms. The Morgan fingerprint density at radius 1 is 1.32 bits per heavy atom. The van der Waals surface area contributed by atoms with Crippen molar-refractivity contribution in [3.63, 3.8) is 0 Å². The molecule has 0 radical (unpaired) electrons. The van der Waals surface area contributed by atoms with Crippen molar-refractivity contribution in [1.29, 1.82) is 0 Å². The lowest BCUT2D eigenvalue weighted by Crippen LogP contribution is -2.39. The van der Waals surface area contributed by atoms with E-state index in [0.29, 0.717) is 12.1 Å². The van der Waals surface area contributed by atoms with Gasteiger partial charge in [-0.2, -0.15) is 0 Å². The molecule has 1 aromatic carbocycles. The molecule has 3 heterocycles. The topological polar surface area (TPSA) is 62.1 Å². The second-order valence-corrected chi connectivity index (χ2v) is 5.74. The summed E-state index contributed by atoms with van der Waals surface area (Å²) < 4.78 is 5.01. The van der Waals surface area contributed by atoms with Crippen molar-refractivity contribution in [3.05, 3.63) is 54.2 Å². The van der Waals surface area contributed by atoms with Crippen molar-refractivity contribution in [2.45, 2.75) is 18.8 Å². The molecule has 0 spiro atoms. The smallest absolute Gasteiger partial charge is 0.257 e. The average molecular weight is 295 g/mol. The first-order valence-corrected chi connectivity index (χ1v) is 7.57. The summed E-state index contributed by atoms with van der Waals surface area (Å²) in [6, 6.07) is 9.74. The second kappa shape index (κ2) is 5.33. The van der Waals surface area contributed by atoms with Crippen LogP contribution in [0.25, 0.3) is 11.0 Å². The number of hydrogen-bond acceptors (Lipinski definition) is 3. The summed E-state index contributed by atoms with van der Waals surface area (Å²) in [6.07, 6.45) is 5.08. The number of piperidine rings is 1. The molecule has 0 bridgehead atoms. The zero-order valence-corrected chi connectivity index (χ0v) is 12.2. The Morgan fingerprint density at radius 2 is 2.23 bits per heavy atom. The number of furan rings is 1. The van der Waals surface area contributed by atoms with Crippen molar-refractivity contribution in [3.8, 4) is 0 Å². The Labute approximate surface area is 127 Å². The molecule has 22 heavy (non-hydrogen) atoms. The fraction of sp³-hybridized carbons (Fsp3) is 0.294. The van der Waals surface area contributed by atoms with Gasteiger partial charge < -0.3 is 14.3 Å². The number of H-pyrrole nitrogens is 1. The van der Waals surface area contributed by atoms with Gasteiger partial charge in [-0.15, -0.1) is 0 Å². The number of carbonyl (C=O) groups excluding carboxylic acids is 1. The lowest BCUT2D eigenvalue weighted by atomic mass is 9.97. The van der Waals surface area contributed by atoms with Crippen LogP contribution in [-0.4, -0.2) is 33.9 Å². The van der Waals surface area contributed by atoms with Crippen LogP contribution in [0.2, 0.25) is 0 Å². The van der Waals surface area contributed by atoms with E-state index in [9.17, 15) is 4.79 Å². The zero-order chi connectivity index (χ0) is 14.9. The molecular formula is C17H17N3O2. The van der Waals surface area contributed by atoms with Crippen LogP contribution in [0.5, 0.6) is 0 Å². The summed E-state index contributed by atoms with van der Waals surface area (Å²) in [4.78, 5) is 22.4. The van der Waals surface area contributed by atoms with E-state index in [1.807, 2.05) is 29.2 Å². The van der Waals surface area contributed by atoms with Crippen LogP contribution in [0.1, 0.15) is 34.9 Å². The SMILES string of the molecule is O=C(c1ccoc1)N1CCC[C@@H](c2nc3ccccc3[nH]2)C1. The highest BCUT2D eigenvalue weighted by atomic mass is 16.3. The maximum atomic E-state index is 12.4. The number of carbonyl (C=O) groups is 1. The number of aromatic nitrogens is 2. The molecule has 112 valence electrons. The predicted octanol–water partition coefficient (Wildman–Crippen LogP) is 3.18. The number of amides is 1. The largest absolute Gasteiger partial charge is 0.472 e. The van der Waals surface area contributed by atoms with Crippen molar-refractivity contribution < 1.29 is 9.21 Å². The van der Waals surface area contributed by atoms with Crippen molar-refractivity contribution in [2.24, 2.45) is 0 Å². The monoisotopic (exact) mass is 295 g/mol. The van der Waals surface area contributed by atoms with Gasteiger partial charge in [-0.3, -0.25) is 4.79 Å². The number of benzene rings is 1. The van der Waals surface area contributed by atoms with E-state index in [-0.39, 0.29) is 11.8 Å². The minimum absolute atomic E-state index is 0.0366. The number of imidazole rings is 1. The highest BCUT2D eigenvalue weighted by Gasteiger charge is 2.27. The fourth-order valence-corrected chi connectivity index (χ4v) is 3.12. The Balaban J connectivity index is 1.56. The van der Waals surface area contributed by atoms with E-state index in [1.165, 1.54) is 12.5 Å². The van der Waals surface area contributed by atoms with Crippen molar-refractivity contribution in [1.82, 2.24) is 14.9 Å². The fourth-order valence-electron chi connectivity index (χ4n) is 3.12. The lowest BCUT2D eigenvalue weighted by Gasteiger charge is -2.31. The number of aromatic amines is 1. The molecule has 1 atom stereocenters. The van der Waals surface area contributed by atoms with Crippen LogP contribution in [0.3, 0.4) is 0 Å². The maximum absolute atomic E-state index is 12.4. The quantitative estimate of drug-likeness (QED) is 0.790. The molecule has 1 amide bonds. The number of hydrogen-bond donors (Lipinski definition) is 1. The molecule has 1 saturated heterocycles. The number of nitrogens with zero attached hydrogens (tertiary/aromatic N) is 2. The van der Waals surface area contributed by atoms with Crippen LogP contribution < -0.4 is 0 Å². The molecule has 1 N–H and O–H groups in total. The standard InChI is InChI=1S/C17H17N3O2/c21-17(13-7-9-22-11-13)20-8-3-4-12(10-20)16-18-14-5-1-2-6-15(14)19-16/h1-2,5-7,9,11-12H,3-4,8,10H2,(H,18,19)/t12-/m1/s1. The molecule has 0 aliphatic carbocycles. The van der Waals surface area contributed by atoms with Gasteiger partial charge in [0.2, 0.25) is 0 Å². The first-order valence-electron chi connectivity index (χ1n) is 7.57. The Kier molecular flexibility index (Phi) is 3.18.